The van der Waals surface area contributed by atoms with Crippen LogP contribution in [-0.2, 0) is 0 Å². The first-order chi connectivity index (χ1) is 14.2. The van der Waals surface area contributed by atoms with Gasteiger partial charge in [0.15, 0.2) is 0 Å². The first-order valence-corrected chi connectivity index (χ1v) is 9.77. The Morgan fingerprint density at radius 2 is 1.80 bits per heavy atom. The number of carbonyl (C=O) groups is 1. The van der Waals surface area contributed by atoms with Crippen LogP contribution in [0, 0.1) is 5.92 Å². The van der Waals surface area contributed by atoms with Crippen molar-refractivity contribution in [3.05, 3.63) is 51.9 Å². The molecule has 0 bridgehead atoms. The van der Waals surface area contributed by atoms with Gasteiger partial charge < -0.3 is 15.4 Å². The van der Waals surface area contributed by atoms with Gasteiger partial charge in [-0.2, -0.15) is 0 Å². The van der Waals surface area contributed by atoms with E-state index >= 15 is 0 Å². The molecule has 2 heterocycles. The predicted molar refractivity (Wildman–Crippen MR) is 102 cm³/mol. The molecule has 2 N–H and O–H groups in total. The molecule has 0 radical (unpaired) electrons. The lowest BCUT2D eigenvalue weighted by atomic mass is 10.0. The van der Waals surface area contributed by atoms with E-state index in [0.29, 0.717) is 24.6 Å². The molecular formula is C20H21F3N4O3. The number of nitrogens with zero attached hydrogens (tertiary/aromatic N) is 3. The number of aromatic nitrogens is 2. The number of primary amides is 1. The molecular weight excluding hydrogens is 401 g/mol. The minimum Gasteiger partial charge on any atom is -0.406 e. The predicted octanol–water partition coefficient (Wildman–Crippen LogP) is 2.84. The number of rotatable bonds is 6. The molecule has 1 aromatic carbocycles. The van der Waals surface area contributed by atoms with Gasteiger partial charge in [-0.05, 0) is 49.3 Å². The SMILES string of the molecule is NC(=O)c1cc(=O)n([C@@H](c2ccc(OC(F)(F)F)cc2)C2CC2)c(N2CCCC2)n1. The second-order valence-corrected chi connectivity index (χ2v) is 7.61. The van der Waals surface area contributed by atoms with Crippen molar-refractivity contribution < 1.29 is 22.7 Å². The molecule has 4 rings (SSSR count). The summed E-state index contributed by atoms with van der Waals surface area (Å²) in [6.07, 6.45) is -1.13. The van der Waals surface area contributed by atoms with Crippen LogP contribution in [0.4, 0.5) is 19.1 Å². The molecule has 1 atom stereocenters. The lowest BCUT2D eigenvalue weighted by molar-refractivity contribution is -0.274. The summed E-state index contributed by atoms with van der Waals surface area (Å²) < 4.78 is 42.9. The lowest BCUT2D eigenvalue weighted by Gasteiger charge is -2.28. The molecule has 2 aliphatic rings. The summed E-state index contributed by atoms with van der Waals surface area (Å²) in [7, 11) is 0. The van der Waals surface area contributed by atoms with E-state index in [1.807, 2.05) is 4.90 Å². The van der Waals surface area contributed by atoms with Gasteiger partial charge in [-0.1, -0.05) is 12.1 Å². The number of hydrogen-bond acceptors (Lipinski definition) is 5. The minimum atomic E-state index is -4.77. The van der Waals surface area contributed by atoms with Crippen LogP contribution >= 0.6 is 0 Å². The van der Waals surface area contributed by atoms with E-state index in [1.165, 1.54) is 24.3 Å². The fraction of sp³-hybridized carbons (Fsp3) is 0.450. The highest BCUT2D eigenvalue weighted by atomic mass is 19.4. The lowest BCUT2D eigenvalue weighted by Crippen LogP contribution is -2.36. The number of ether oxygens (including phenoxy) is 1. The zero-order valence-electron chi connectivity index (χ0n) is 16.1. The van der Waals surface area contributed by atoms with E-state index in [9.17, 15) is 22.8 Å². The van der Waals surface area contributed by atoms with Gasteiger partial charge in [0.25, 0.3) is 11.5 Å². The number of carbonyl (C=O) groups excluding carboxylic acids is 1. The highest BCUT2D eigenvalue weighted by Crippen LogP contribution is 2.44. The molecule has 1 amide bonds. The maximum Gasteiger partial charge on any atom is 0.573 e. The molecule has 1 aromatic heterocycles. The van der Waals surface area contributed by atoms with Crippen molar-refractivity contribution in [1.29, 1.82) is 0 Å². The van der Waals surface area contributed by atoms with Crippen molar-refractivity contribution in [3.63, 3.8) is 0 Å². The van der Waals surface area contributed by atoms with Crippen LogP contribution in [-0.4, -0.2) is 34.9 Å². The summed E-state index contributed by atoms with van der Waals surface area (Å²) in [6.45, 7) is 1.40. The standard InChI is InChI=1S/C20H21F3N4O3/c21-20(22,23)30-14-7-5-13(6-8-14)17(12-3-4-12)27-16(28)11-15(18(24)29)25-19(27)26-9-1-2-10-26/h5-8,11-12,17H,1-4,9-10H2,(H2,24,29)/t17-/m1/s1. The van der Waals surface area contributed by atoms with Crippen LogP contribution in [0.5, 0.6) is 5.75 Å². The van der Waals surface area contributed by atoms with Crippen molar-refractivity contribution >= 4 is 11.9 Å². The van der Waals surface area contributed by atoms with Crippen molar-refractivity contribution in [2.24, 2.45) is 11.7 Å². The van der Waals surface area contributed by atoms with E-state index in [-0.39, 0.29) is 17.4 Å². The molecule has 2 aromatic rings. The van der Waals surface area contributed by atoms with E-state index < -0.39 is 23.9 Å². The Morgan fingerprint density at radius 3 is 2.33 bits per heavy atom. The van der Waals surface area contributed by atoms with Crippen molar-refractivity contribution in [2.45, 2.75) is 38.1 Å². The molecule has 2 fully saturated rings. The van der Waals surface area contributed by atoms with Crippen molar-refractivity contribution in [3.8, 4) is 5.75 Å². The number of nitrogens with two attached hydrogens (primary N) is 1. The van der Waals surface area contributed by atoms with Gasteiger partial charge in [-0.3, -0.25) is 14.2 Å². The fourth-order valence-corrected chi connectivity index (χ4v) is 3.92. The molecule has 1 saturated carbocycles. The van der Waals surface area contributed by atoms with Gasteiger partial charge in [0.1, 0.15) is 11.4 Å². The van der Waals surface area contributed by atoms with E-state index in [2.05, 4.69) is 9.72 Å². The number of halogens is 3. The largest absolute Gasteiger partial charge is 0.573 e. The van der Waals surface area contributed by atoms with Crippen molar-refractivity contribution in [1.82, 2.24) is 9.55 Å². The van der Waals surface area contributed by atoms with E-state index in [4.69, 9.17) is 5.73 Å². The molecule has 7 nitrogen and oxygen atoms in total. The summed E-state index contributed by atoms with van der Waals surface area (Å²) in [5.74, 6) is -0.576. The minimum absolute atomic E-state index is 0.0957. The van der Waals surface area contributed by atoms with Crippen LogP contribution < -0.4 is 20.9 Å². The Morgan fingerprint density at radius 1 is 1.17 bits per heavy atom. The molecule has 1 aliphatic carbocycles. The monoisotopic (exact) mass is 422 g/mol. The Balaban J connectivity index is 1.78. The Labute approximate surface area is 170 Å². The number of benzene rings is 1. The highest BCUT2D eigenvalue weighted by molar-refractivity contribution is 5.90. The molecule has 1 aliphatic heterocycles. The third-order valence-corrected chi connectivity index (χ3v) is 5.38. The van der Waals surface area contributed by atoms with Crippen LogP contribution in [0.1, 0.15) is 47.8 Å². The number of amides is 1. The summed E-state index contributed by atoms with van der Waals surface area (Å²) in [4.78, 5) is 31.0. The molecule has 0 unspecified atom stereocenters. The average Bonchev–Trinajstić information content (AvgIpc) is 3.35. The third kappa shape index (κ3) is 4.27. The molecule has 30 heavy (non-hydrogen) atoms. The Bertz CT molecular complexity index is 994. The summed E-state index contributed by atoms with van der Waals surface area (Å²) in [5, 5.41) is 0. The summed E-state index contributed by atoms with van der Waals surface area (Å²) in [6, 6.07) is 6.27. The highest BCUT2D eigenvalue weighted by Gasteiger charge is 2.37. The molecule has 1 saturated heterocycles. The number of hydrogen-bond donors (Lipinski definition) is 1. The normalized spacial score (nSPS) is 17.8. The van der Waals surface area contributed by atoms with Gasteiger partial charge >= 0.3 is 6.36 Å². The van der Waals surface area contributed by atoms with Crippen molar-refractivity contribution in [2.75, 3.05) is 18.0 Å². The maximum atomic E-state index is 13.0. The van der Waals surface area contributed by atoms with E-state index in [0.717, 1.165) is 31.7 Å². The van der Waals surface area contributed by atoms with Gasteiger partial charge in [0.2, 0.25) is 5.95 Å². The van der Waals surface area contributed by atoms with Gasteiger partial charge in [0, 0.05) is 19.2 Å². The van der Waals surface area contributed by atoms with Crippen LogP contribution in [0.3, 0.4) is 0 Å². The van der Waals surface area contributed by atoms with Crippen LogP contribution in [0.2, 0.25) is 0 Å². The van der Waals surface area contributed by atoms with Crippen LogP contribution in [0.25, 0.3) is 0 Å². The second-order valence-electron chi connectivity index (χ2n) is 7.61. The fourth-order valence-electron chi connectivity index (χ4n) is 3.92. The molecule has 0 spiro atoms. The summed E-state index contributed by atoms with van der Waals surface area (Å²) in [5.41, 5.74) is 5.53. The Kier molecular flexibility index (Phi) is 5.17. The zero-order valence-corrected chi connectivity index (χ0v) is 16.1. The molecule has 10 heteroatoms. The quantitative estimate of drug-likeness (QED) is 0.773. The topological polar surface area (TPSA) is 90.5 Å². The van der Waals surface area contributed by atoms with Gasteiger partial charge in [-0.25, -0.2) is 4.98 Å². The summed E-state index contributed by atoms with van der Waals surface area (Å²) >= 11 is 0. The number of alkyl halides is 3. The first kappa shape index (κ1) is 20.2. The number of anilines is 1. The maximum absolute atomic E-state index is 13.0. The Hall–Kier alpha value is -3.04. The zero-order chi connectivity index (χ0) is 21.5. The first-order valence-electron chi connectivity index (χ1n) is 9.77. The van der Waals surface area contributed by atoms with E-state index in [1.54, 1.807) is 4.57 Å². The smallest absolute Gasteiger partial charge is 0.406 e. The third-order valence-electron chi connectivity index (χ3n) is 5.38. The van der Waals surface area contributed by atoms with Crippen LogP contribution in [0.15, 0.2) is 35.1 Å². The average molecular weight is 422 g/mol. The van der Waals surface area contributed by atoms with Gasteiger partial charge in [0.05, 0.1) is 6.04 Å². The second kappa shape index (κ2) is 7.66. The van der Waals surface area contributed by atoms with Gasteiger partial charge in [-0.15, -0.1) is 13.2 Å². The molecule has 160 valence electrons.